The predicted octanol–water partition coefficient (Wildman–Crippen LogP) is -0.190. The molecule has 1 rings (SSSR count). The zero-order chi connectivity index (χ0) is 9.30. The van der Waals surface area contributed by atoms with Crippen LogP contribution in [0.4, 0.5) is 0 Å². The van der Waals surface area contributed by atoms with Crippen molar-refractivity contribution in [2.75, 3.05) is 7.11 Å². The summed E-state index contributed by atoms with van der Waals surface area (Å²) in [6.07, 6.45) is -0.817. The SMILES string of the molecule is COC(=O)C1=C(C)C(O)CC1=O. The van der Waals surface area contributed by atoms with Crippen LogP contribution in [0.2, 0.25) is 0 Å². The number of Topliss-reactive ketones (excluding diaryl/α,β-unsaturated/α-hetero) is 1. The predicted molar refractivity (Wildman–Crippen MR) is 40.3 cm³/mol. The molecule has 0 radical (unpaired) electrons. The van der Waals surface area contributed by atoms with Gasteiger partial charge in [0.1, 0.15) is 5.57 Å². The van der Waals surface area contributed by atoms with E-state index >= 15 is 0 Å². The molecule has 0 bridgehead atoms. The normalized spacial score (nSPS) is 23.2. The molecule has 1 N–H and O–H groups in total. The lowest BCUT2D eigenvalue weighted by Crippen LogP contribution is -2.10. The van der Waals surface area contributed by atoms with Gasteiger partial charge in [0.15, 0.2) is 5.78 Å². The Bertz CT molecular complexity index is 264. The molecular weight excluding hydrogens is 160 g/mol. The fourth-order valence-corrected chi connectivity index (χ4v) is 1.19. The summed E-state index contributed by atoms with van der Waals surface area (Å²) in [5, 5.41) is 9.20. The third kappa shape index (κ3) is 1.25. The van der Waals surface area contributed by atoms with Crippen molar-refractivity contribution in [3.63, 3.8) is 0 Å². The van der Waals surface area contributed by atoms with Crippen LogP contribution in [0.3, 0.4) is 0 Å². The second kappa shape index (κ2) is 3.06. The average molecular weight is 170 g/mol. The fourth-order valence-electron chi connectivity index (χ4n) is 1.19. The summed E-state index contributed by atoms with van der Waals surface area (Å²) in [5.74, 6) is -0.999. The van der Waals surface area contributed by atoms with Gasteiger partial charge in [-0.1, -0.05) is 0 Å². The molecule has 0 saturated carbocycles. The summed E-state index contributed by atoms with van der Waals surface area (Å²) >= 11 is 0. The van der Waals surface area contributed by atoms with Crippen LogP contribution in [-0.2, 0) is 14.3 Å². The first-order valence-corrected chi connectivity index (χ1v) is 3.58. The third-order valence-corrected chi connectivity index (χ3v) is 1.94. The molecule has 0 fully saturated rings. The van der Waals surface area contributed by atoms with Crippen molar-refractivity contribution in [3.05, 3.63) is 11.1 Å². The van der Waals surface area contributed by atoms with Gasteiger partial charge in [0.05, 0.1) is 13.2 Å². The Hall–Kier alpha value is -1.16. The molecule has 0 heterocycles. The van der Waals surface area contributed by atoms with Crippen LogP contribution in [0.5, 0.6) is 0 Å². The fraction of sp³-hybridized carbons (Fsp3) is 0.500. The lowest BCUT2D eigenvalue weighted by molar-refractivity contribution is -0.137. The van der Waals surface area contributed by atoms with Gasteiger partial charge in [-0.3, -0.25) is 4.79 Å². The standard InChI is InChI=1S/C8H10O4/c1-4-5(9)3-6(10)7(4)8(11)12-2/h5,9H,3H2,1-2H3. The Morgan fingerprint density at radius 3 is 2.58 bits per heavy atom. The molecule has 1 aliphatic rings. The van der Waals surface area contributed by atoms with E-state index in [-0.39, 0.29) is 17.8 Å². The minimum Gasteiger partial charge on any atom is -0.465 e. The van der Waals surface area contributed by atoms with Crippen molar-refractivity contribution in [2.24, 2.45) is 0 Å². The number of carbonyl (C=O) groups is 2. The topological polar surface area (TPSA) is 63.6 Å². The van der Waals surface area contributed by atoms with Crippen molar-refractivity contribution >= 4 is 11.8 Å². The molecule has 4 nitrogen and oxygen atoms in total. The summed E-state index contributed by atoms with van der Waals surface area (Å²) in [6, 6.07) is 0. The molecule has 12 heavy (non-hydrogen) atoms. The molecule has 66 valence electrons. The number of hydrogen-bond donors (Lipinski definition) is 1. The number of aliphatic hydroxyl groups excluding tert-OH is 1. The van der Waals surface area contributed by atoms with Crippen LogP contribution in [0.1, 0.15) is 13.3 Å². The van der Waals surface area contributed by atoms with Crippen molar-refractivity contribution in [2.45, 2.75) is 19.4 Å². The highest BCUT2D eigenvalue weighted by molar-refractivity contribution is 6.19. The van der Waals surface area contributed by atoms with E-state index in [0.717, 1.165) is 0 Å². The van der Waals surface area contributed by atoms with E-state index in [4.69, 9.17) is 0 Å². The maximum absolute atomic E-state index is 11.1. The number of esters is 1. The average Bonchev–Trinajstić information content (AvgIpc) is 2.26. The Balaban J connectivity index is 3.00. The molecule has 0 aromatic rings. The minimum absolute atomic E-state index is 0.00370. The van der Waals surface area contributed by atoms with Gasteiger partial charge in [0.2, 0.25) is 0 Å². The number of methoxy groups -OCH3 is 1. The number of ether oxygens (including phenoxy) is 1. The van der Waals surface area contributed by atoms with Crippen LogP contribution in [0.15, 0.2) is 11.1 Å². The van der Waals surface area contributed by atoms with Crippen molar-refractivity contribution < 1.29 is 19.4 Å². The second-order valence-electron chi connectivity index (χ2n) is 2.69. The maximum atomic E-state index is 11.1. The molecule has 0 spiro atoms. The number of carbonyl (C=O) groups excluding carboxylic acids is 2. The lowest BCUT2D eigenvalue weighted by Gasteiger charge is -2.00. The molecule has 1 aliphatic carbocycles. The van der Waals surface area contributed by atoms with Gasteiger partial charge in [-0.2, -0.15) is 0 Å². The van der Waals surface area contributed by atoms with Crippen molar-refractivity contribution in [1.82, 2.24) is 0 Å². The highest BCUT2D eigenvalue weighted by Gasteiger charge is 2.32. The van der Waals surface area contributed by atoms with E-state index in [1.165, 1.54) is 7.11 Å². The molecule has 0 aromatic heterocycles. The minimum atomic E-state index is -0.813. The van der Waals surface area contributed by atoms with E-state index in [2.05, 4.69) is 4.74 Å². The van der Waals surface area contributed by atoms with E-state index in [1.54, 1.807) is 6.92 Å². The van der Waals surface area contributed by atoms with Crippen LogP contribution in [0, 0.1) is 0 Å². The van der Waals surface area contributed by atoms with Crippen molar-refractivity contribution in [1.29, 1.82) is 0 Å². The number of hydrogen-bond acceptors (Lipinski definition) is 4. The van der Waals surface area contributed by atoms with Gasteiger partial charge in [0.25, 0.3) is 0 Å². The van der Waals surface area contributed by atoms with Crippen LogP contribution in [-0.4, -0.2) is 30.1 Å². The van der Waals surface area contributed by atoms with Gasteiger partial charge in [-0.25, -0.2) is 4.79 Å². The molecule has 1 unspecified atom stereocenters. The maximum Gasteiger partial charge on any atom is 0.341 e. The van der Waals surface area contributed by atoms with Crippen LogP contribution in [0.25, 0.3) is 0 Å². The molecule has 4 heteroatoms. The van der Waals surface area contributed by atoms with Crippen LogP contribution >= 0.6 is 0 Å². The Labute approximate surface area is 69.8 Å². The smallest absolute Gasteiger partial charge is 0.341 e. The van der Waals surface area contributed by atoms with Crippen molar-refractivity contribution in [3.8, 4) is 0 Å². The Kier molecular flexibility index (Phi) is 2.28. The van der Waals surface area contributed by atoms with E-state index < -0.39 is 12.1 Å². The number of aliphatic hydroxyl groups is 1. The quantitative estimate of drug-likeness (QED) is 0.437. The number of rotatable bonds is 1. The van der Waals surface area contributed by atoms with Gasteiger partial charge in [0, 0.05) is 6.42 Å². The first kappa shape index (κ1) is 8.93. The van der Waals surface area contributed by atoms with Gasteiger partial charge >= 0.3 is 5.97 Å². The summed E-state index contributed by atoms with van der Waals surface area (Å²) in [4.78, 5) is 22.0. The summed E-state index contributed by atoms with van der Waals surface area (Å²) in [7, 11) is 1.21. The highest BCUT2D eigenvalue weighted by Crippen LogP contribution is 2.23. The van der Waals surface area contributed by atoms with Crippen LogP contribution < -0.4 is 0 Å². The van der Waals surface area contributed by atoms with Gasteiger partial charge in [-0.15, -0.1) is 0 Å². The Morgan fingerprint density at radius 2 is 2.25 bits per heavy atom. The zero-order valence-electron chi connectivity index (χ0n) is 6.96. The molecule has 0 saturated heterocycles. The molecule has 1 atom stereocenters. The summed E-state index contributed by atoms with van der Waals surface area (Å²) in [6.45, 7) is 1.56. The molecule has 0 amide bonds. The molecular formula is C8H10O4. The van der Waals surface area contributed by atoms with Gasteiger partial charge < -0.3 is 9.84 Å². The number of ketones is 1. The van der Waals surface area contributed by atoms with E-state index in [9.17, 15) is 14.7 Å². The highest BCUT2D eigenvalue weighted by atomic mass is 16.5. The monoisotopic (exact) mass is 170 g/mol. The second-order valence-corrected chi connectivity index (χ2v) is 2.69. The van der Waals surface area contributed by atoms with Gasteiger partial charge in [-0.05, 0) is 12.5 Å². The first-order chi connectivity index (χ1) is 5.57. The third-order valence-electron chi connectivity index (χ3n) is 1.94. The zero-order valence-corrected chi connectivity index (χ0v) is 6.96. The first-order valence-electron chi connectivity index (χ1n) is 3.58. The lowest BCUT2D eigenvalue weighted by atomic mass is 10.1. The molecule has 0 aromatic carbocycles. The summed E-state index contributed by atoms with van der Waals surface area (Å²) in [5.41, 5.74) is 0.414. The summed E-state index contributed by atoms with van der Waals surface area (Å²) < 4.78 is 4.39. The van der Waals surface area contributed by atoms with E-state index in [0.29, 0.717) is 5.57 Å². The molecule has 0 aliphatic heterocycles. The largest absolute Gasteiger partial charge is 0.465 e. The Morgan fingerprint density at radius 1 is 1.67 bits per heavy atom. The van der Waals surface area contributed by atoms with E-state index in [1.807, 2.05) is 0 Å².